The molecule has 3 aromatic rings. The highest BCUT2D eigenvalue weighted by Crippen LogP contribution is 2.48. The number of fused-ring (bicyclic) bond motifs is 1. The predicted octanol–water partition coefficient (Wildman–Crippen LogP) is 2.63. The molecule has 1 aromatic carbocycles. The number of halogens is 1. The monoisotopic (exact) mass is 450 g/mol. The quantitative estimate of drug-likeness (QED) is 0.336. The summed E-state index contributed by atoms with van der Waals surface area (Å²) >= 11 is 6.21. The Kier molecular flexibility index (Phi) is 4.12. The number of carbonyl (C=O) groups is 2. The van der Waals surface area contributed by atoms with Crippen molar-refractivity contribution in [1.82, 2.24) is 30.2 Å². The first-order valence-corrected chi connectivity index (χ1v) is 10.8. The SMILES string of the molecule is O=C1NC(=O)/C(=C/c2cnn3c(NC4CC4)nc(NC4(c5cccc(Cl)c5)CC4)nc23)N1. The van der Waals surface area contributed by atoms with Crippen LogP contribution in [0.25, 0.3) is 11.7 Å². The molecular formula is C21H19ClN8O2. The van der Waals surface area contributed by atoms with E-state index in [-0.39, 0.29) is 11.2 Å². The van der Waals surface area contributed by atoms with Gasteiger partial charge in [-0.2, -0.15) is 19.6 Å². The molecule has 1 aliphatic heterocycles. The lowest BCUT2D eigenvalue weighted by Gasteiger charge is -2.19. The van der Waals surface area contributed by atoms with Crippen molar-refractivity contribution in [2.45, 2.75) is 37.3 Å². The van der Waals surface area contributed by atoms with Gasteiger partial charge in [0.1, 0.15) is 5.70 Å². The Bertz CT molecular complexity index is 1310. The summed E-state index contributed by atoms with van der Waals surface area (Å²) < 4.78 is 1.61. The van der Waals surface area contributed by atoms with Gasteiger partial charge in [0.05, 0.1) is 11.7 Å². The number of hydrogen-bond donors (Lipinski definition) is 4. The number of nitrogens with one attached hydrogen (secondary N) is 4. The summed E-state index contributed by atoms with van der Waals surface area (Å²) in [6.45, 7) is 0. The van der Waals surface area contributed by atoms with E-state index in [0.29, 0.717) is 34.2 Å². The van der Waals surface area contributed by atoms with Crippen LogP contribution in [0.2, 0.25) is 5.02 Å². The zero-order valence-corrected chi connectivity index (χ0v) is 17.6. The fourth-order valence-electron chi connectivity index (χ4n) is 3.80. The third-order valence-corrected chi connectivity index (χ3v) is 6.04. The first-order valence-electron chi connectivity index (χ1n) is 10.4. The highest BCUT2D eigenvalue weighted by atomic mass is 35.5. The van der Waals surface area contributed by atoms with Crippen LogP contribution in [-0.2, 0) is 10.3 Å². The van der Waals surface area contributed by atoms with Crippen LogP contribution in [0, 0.1) is 0 Å². The molecule has 2 saturated carbocycles. The van der Waals surface area contributed by atoms with E-state index in [1.807, 2.05) is 24.3 Å². The Morgan fingerprint density at radius 1 is 1.19 bits per heavy atom. The molecule has 0 atom stereocenters. The second-order valence-corrected chi connectivity index (χ2v) is 8.74. The Hall–Kier alpha value is -3.66. The molecule has 3 amide bonds. The summed E-state index contributed by atoms with van der Waals surface area (Å²) in [7, 11) is 0. The minimum Gasteiger partial charge on any atom is -0.351 e. The van der Waals surface area contributed by atoms with Crippen molar-refractivity contribution in [3.05, 3.63) is 52.3 Å². The zero-order chi connectivity index (χ0) is 21.9. The molecule has 1 saturated heterocycles. The van der Waals surface area contributed by atoms with E-state index in [0.717, 1.165) is 31.2 Å². The van der Waals surface area contributed by atoms with Gasteiger partial charge in [-0.3, -0.25) is 10.1 Å². The summed E-state index contributed by atoms with van der Waals surface area (Å²) in [5.74, 6) is 0.542. The van der Waals surface area contributed by atoms with E-state index in [9.17, 15) is 9.59 Å². The molecule has 0 radical (unpaired) electrons. The van der Waals surface area contributed by atoms with Gasteiger partial charge in [-0.1, -0.05) is 23.7 Å². The fraction of sp³-hybridized carbons (Fsp3) is 0.286. The molecule has 2 aliphatic carbocycles. The van der Waals surface area contributed by atoms with Gasteiger partial charge < -0.3 is 16.0 Å². The fourth-order valence-corrected chi connectivity index (χ4v) is 4.00. The molecular weight excluding hydrogens is 432 g/mol. The largest absolute Gasteiger partial charge is 0.351 e. The van der Waals surface area contributed by atoms with Crippen LogP contribution >= 0.6 is 11.6 Å². The van der Waals surface area contributed by atoms with E-state index < -0.39 is 11.9 Å². The molecule has 0 unspecified atom stereocenters. The van der Waals surface area contributed by atoms with E-state index in [1.165, 1.54) is 0 Å². The first-order chi connectivity index (χ1) is 15.5. The van der Waals surface area contributed by atoms with Crippen molar-refractivity contribution in [2.24, 2.45) is 0 Å². The Morgan fingerprint density at radius 3 is 2.72 bits per heavy atom. The first kappa shape index (κ1) is 19.1. The van der Waals surface area contributed by atoms with E-state index in [2.05, 4.69) is 26.4 Å². The molecule has 11 heteroatoms. The molecule has 3 aliphatic rings. The number of carbonyl (C=O) groups excluding carboxylic acids is 2. The minimum absolute atomic E-state index is 0.146. The second kappa shape index (κ2) is 6.92. The summed E-state index contributed by atoms with van der Waals surface area (Å²) in [6.07, 6.45) is 7.19. The second-order valence-electron chi connectivity index (χ2n) is 8.31. The number of amides is 3. The van der Waals surface area contributed by atoms with Gasteiger partial charge in [-0.05, 0) is 49.5 Å². The van der Waals surface area contributed by atoms with Crippen LogP contribution in [0.5, 0.6) is 0 Å². The smallest absolute Gasteiger partial charge is 0.326 e. The number of nitrogens with zero attached hydrogens (tertiary/aromatic N) is 4. The van der Waals surface area contributed by atoms with Crippen molar-refractivity contribution < 1.29 is 9.59 Å². The molecule has 3 fully saturated rings. The third-order valence-electron chi connectivity index (χ3n) is 5.80. The number of hydrogen-bond acceptors (Lipinski definition) is 7. The molecule has 4 N–H and O–H groups in total. The summed E-state index contributed by atoms with van der Waals surface area (Å²) in [5, 5.41) is 16.7. The lowest BCUT2D eigenvalue weighted by Crippen LogP contribution is -2.22. The van der Waals surface area contributed by atoms with Crippen LogP contribution in [0.4, 0.5) is 16.7 Å². The van der Waals surface area contributed by atoms with Crippen LogP contribution in [-0.4, -0.2) is 37.6 Å². The van der Waals surface area contributed by atoms with E-state index in [1.54, 1.807) is 16.8 Å². The van der Waals surface area contributed by atoms with E-state index in [4.69, 9.17) is 21.6 Å². The summed E-state index contributed by atoms with van der Waals surface area (Å²) in [4.78, 5) is 32.8. The zero-order valence-electron chi connectivity index (χ0n) is 16.9. The van der Waals surface area contributed by atoms with Gasteiger partial charge in [-0.25, -0.2) is 4.79 Å². The third kappa shape index (κ3) is 3.42. The average Bonchev–Trinajstić information content (AvgIpc) is 3.66. The van der Waals surface area contributed by atoms with Crippen molar-refractivity contribution >= 4 is 47.2 Å². The van der Waals surface area contributed by atoms with Crippen molar-refractivity contribution in [3.63, 3.8) is 0 Å². The van der Waals surface area contributed by atoms with E-state index >= 15 is 0 Å². The highest BCUT2D eigenvalue weighted by Gasteiger charge is 2.45. The van der Waals surface area contributed by atoms with Crippen LogP contribution in [0.15, 0.2) is 36.2 Å². The topological polar surface area (TPSA) is 125 Å². The minimum atomic E-state index is -0.553. The summed E-state index contributed by atoms with van der Waals surface area (Å²) in [6, 6.07) is 7.60. The maximum Gasteiger partial charge on any atom is 0.326 e. The Labute approximate surface area is 187 Å². The molecule has 6 rings (SSSR count). The van der Waals surface area contributed by atoms with Crippen LogP contribution in [0.1, 0.15) is 36.8 Å². The molecule has 3 heterocycles. The van der Waals surface area contributed by atoms with Gasteiger partial charge in [0.15, 0.2) is 5.65 Å². The Balaban J connectivity index is 1.41. The molecule has 2 aromatic heterocycles. The number of anilines is 2. The molecule has 0 spiro atoms. The Morgan fingerprint density at radius 2 is 2.03 bits per heavy atom. The standard InChI is InChI=1S/C21H19ClN8O2/c22-13-3-1-2-12(9-13)21(6-7-21)29-18-26-16-11(8-15-17(31)27-20(32)25-15)10-23-30(16)19(28-18)24-14-4-5-14/h1-3,8-10,14H,4-7H2,(H2,24,26,28,29)(H2,25,27,31,32)/b15-8-. The number of rotatable bonds is 6. The van der Waals surface area contributed by atoms with Crippen molar-refractivity contribution in [2.75, 3.05) is 10.6 Å². The number of urea groups is 1. The normalized spacial score (nSPS) is 20.3. The predicted molar refractivity (Wildman–Crippen MR) is 118 cm³/mol. The highest BCUT2D eigenvalue weighted by molar-refractivity contribution is 6.30. The lowest BCUT2D eigenvalue weighted by molar-refractivity contribution is -0.115. The number of imide groups is 1. The van der Waals surface area contributed by atoms with Crippen LogP contribution in [0.3, 0.4) is 0 Å². The maximum absolute atomic E-state index is 12.0. The van der Waals surface area contributed by atoms with Gasteiger partial charge in [0.25, 0.3) is 5.91 Å². The molecule has 162 valence electrons. The molecule has 10 nitrogen and oxygen atoms in total. The molecule has 0 bridgehead atoms. The van der Waals surface area contributed by atoms with Gasteiger partial charge in [0.2, 0.25) is 11.9 Å². The molecule has 32 heavy (non-hydrogen) atoms. The van der Waals surface area contributed by atoms with Gasteiger partial charge in [-0.15, -0.1) is 0 Å². The van der Waals surface area contributed by atoms with Gasteiger partial charge in [0, 0.05) is 16.6 Å². The van der Waals surface area contributed by atoms with Gasteiger partial charge >= 0.3 is 6.03 Å². The average molecular weight is 451 g/mol. The van der Waals surface area contributed by atoms with Crippen molar-refractivity contribution in [3.8, 4) is 0 Å². The van der Waals surface area contributed by atoms with Crippen LogP contribution < -0.4 is 21.3 Å². The summed E-state index contributed by atoms with van der Waals surface area (Å²) in [5.41, 5.74) is 2.08. The number of aromatic nitrogens is 4. The number of benzene rings is 1. The van der Waals surface area contributed by atoms with Crippen molar-refractivity contribution in [1.29, 1.82) is 0 Å². The maximum atomic E-state index is 12.0. The lowest BCUT2D eigenvalue weighted by atomic mass is 10.1.